The first-order valence-corrected chi connectivity index (χ1v) is 8.70. The van der Waals surface area contributed by atoms with E-state index in [9.17, 15) is 4.39 Å². The van der Waals surface area contributed by atoms with Gasteiger partial charge in [0, 0.05) is 23.8 Å². The number of nitrogens with one attached hydrogen (secondary N) is 2. The van der Waals surface area contributed by atoms with Crippen LogP contribution in [0.4, 0.5) is 4.39 Å². The molecule has 1 fully saturated rings. The van der Waals surface area contributed by atoms with Crippen molar-refractivity contribution in [3.63, 3.8) is 0 Å². The van der Waals surface area contributed by atoms with Gasteiger partial charge in [0.15, 0.2) is 5.11 Å². The van der Waals surface area contributed by atoms with Crippen molar-refractivity contribution >= 4 is 29.1 Å². The van der Waals surface area contributed by atoms with Crippen LogP contribution in [0.15, 0.2) is 23.1 Å². The molecule has 0 spiro atoms. The number of fused-ring (bicyclic) bond motifs is 1. The molecule has 2 aliphatic rings. The topological polar surface area (TPSA) is 33.3 Å². The van der Waals surface area contributed by atoms with Crippen LogP contribution < -0.4 is 10.6 Å². The standard InChI is InChI=1S/C15H19FN2OS2/c16-10-3-4-14-12(8-10)13(5-7-21-14)18-15(20)17-9-11-2-1-6-19-11/h3-4,8,11,13H,1-2,5-7,9H2,(H2,17,18,20)/t11-,13-/m0/s1. The average Bonchev–Trinajstić information content (AvgIpc) is 2.99. The summed E-state index contributed by atoms with van der Waals surface area (Å²) in [5.41, 5.74) is 1.01. The van der Waals surface area contributed by atoms with Gasteiger partial charge in [0.05, 0.1) is 12.1 Å². The van der Waals surface area contributed by atoms with Crippen LogP contribution in [-0.2, 0) is 4.74 Å². The van der Waals surface area contributed by atoms with Crippen LogP contribution in [-0.4, -0.2) is 30.1 Å². The number of halogens is 1. The lowest BCUT2D eigenvalue weighted by Crippen LogP contribution is -2.41. The highest BCUT2D eigenvalue weighted by Crippen LogP contribution is 2.36. The number of thiocarbonyl (C=S) groups is 1. The van der Waals surface area contributed by atoms with E-state index in [1.807, 2.05) is 6.07 Å². The van der Waals surface area contributed by atoms with Crippen molar-refractivity contribution in [2.24, 2.45) is 0 Å². The summed E-state index contributed by atoms with van der Waals surface area (Å²) >= 11 is 7.12. The first-order valence-electron chi connectivity index (χ1n) is 7.30. The molecule has 1 aromatic carbocycles. The van der Waals surface area contributed by atoms with Crippen LogP contribution in [0, 0.1) is 5.82 Å². The Bertz CT molecular complexity index is 520. The van der Waals surface area contributed by atoms with Gasteiger partial charge >= 0.3 is 0 Å². The van der Waals surface area contributed by atoms with Gasteiger partial charge in [-0.05, 0) is 55.2 Å². The maximum absolute atomic E-state index is 13.5. The Labute approximate surface area is 134 Å². The third-order valence-electron chi connectivity index (χ3n) is 3.83. The maximum atomic E-state index is 13.5. The zero-order valence-electron chi connectivity index (χ0n) is 11.7. The second kappa shape index (κ2) is 6.94. The fourth-order valence-corrected chi connectivity index (χ4v) is 4.07. The minimum absolute atomic E-state index is 0.0847. The van der Waals surface area contributed by atoms with Crippen molar-refractivity contribution < 1.29 is 9.13 Å². The van der Waals surface area contributed by atoms with E-state index in [4.69, 9.17) is 17.0 Å². The molecule has 2 aliphatic heterocycles. The fraction of sp³-hybridized carbons (Fsp3) is 0.533. The van der Waals surface area contributed by atoms with Gasteiger partial charge in [-0.15, -0.1) is 11.8 Å². The van der Waals surface area contributed by atoms with Crippen molar-refractivity contribution in [3.8, 4) is 0 Å². The molecule has 3 nitrogen and oxygen atoms in total. The average molecular weight is 326 g/mol. The third kappa shape index (κ3) is 3.87. The lowest BCUT2D eigenvalue weighted by atomic mass is 10.0. The molecule has 114 valence electrons. The van der Waals surface area contributed by atoms with E-state index < -0.39 is 0 Å². The molecule has 0 bridgehead atoms. The number of ether oxygens (including phenoxy) is 1. The summed E-state index contributed by atoms with van der Waals surface area (Å²) in [6, 6.07) is 5.07. The van der Waals surface area contributed by atoms with E-state index in [1.54, 1.807) is 17.8 Å². The first-order chi connectivity index (χ1) is 10.2. The molecule has 2 N–H and O–H groups in total. The Kier molecular flexibility index (Phi) is 4.98. The molecule has 1 saturated heterocycles. The molecule has 21 heavy (non-hydrogen) atoms. The predicted octanol–water partition coefficient (Wildman–Crippen LogP) is 3.01. The summed E-state index contributed by atoms with van der Waals surface area (Å²) in [7, 11) is 0. The largest absolute Gasteiger partial charge is 0.376 e. The van der Waals surface area contributed by atoms with E-state index in [-0.39, 0.29) is 18.0 Å². The van der Waals surface area contributed by atoms with E-state index in [0.717, 1.165) is 48.6 Å². The molecule has 0 saturated carbocycles. The molecule has 2 atom stereocenters. The third-order valence-corrected chi connectivity index (χ3v) is 5.22. The summed E-state index contributed by atoms with van der Waals surface area (Å²) < 4.78 is 19.0. The summed E-state index contributed by atoms with van der Waals surface area (Å²) in [4.78, 5) is 1.14. The molecule has 0 radical (unpaired) electrons. The smallest absolute Gasteiger partial charge is 0.166 e. The van der Waals surface area contributed by atoms with Crippen molar-refractivity contribution in [2.45, 2.75) is 36.3 Å². The molecule has 1 aromatic rings. The Morgan fingerprint density at radius 3 is 3.14 bits per heavy atom. The monoisotopic (exact) mass is 326 g/mol. The van der Waals surface area contributed by atoms with Crippen LogP contribution in [0.3, 0.4) is 0 Å². The summed E-state index contributed by atoms with van der Waals surface area (Å²) in [6.45, 7) is 1.59. The zero-order valence-corrected chi connectivity index (χ0v) is 13.4. The molecule has 0 aliphatic carbocycles. The van der Waals surface area contributed by atoms with E-state index in [1.165, 1.54) is 6.07 Å². The van der Waals surface area contributed by atoms with Gasteiger partial charge in [-0.25, -0.2) is 4.39 Å². The lowest BCUT2D eigenvalue weighted by Gasteiger charge is -2.27. The second-order valence-corrected chi connectivity index (χ2v) is 6.91. The van der Waals surface area contributed by atoms with Crippen LogP contribution in [0.25, 0.3) is 0 Å². The molecule has 0 aromatic heterocycles. The quantitative estimate of drug-likeness (QED) is 0.835. The molecular formula is C15H19FN2OS2. The molecule has 3 rings (SSSR count). The van der Waals surface area contributed by atoms with Gasteiger partial charge in [0.25, 0.3) is 0 Å². The maximum Gasteiger partial charge on any atom is 0.166 e. The van der Waals surface area contributed by atoms with Gasteiger partial charge < -0.3 is 15.4 Å². The Hall–Kier alpha value is -0.850. The van der Waals surface area contributed by atoms with Gasteiger partial charge in [-0.3, -0.25) is 0 Å². The van der Waals surface area contributed by atoms with Crippen LogP contribution in [0.1, 0.15) is 30.9 Å². The number of benzene rings is 1. The second-order valence-electron chi connectivity index (χ2n) is 5.36. The Balaban J connectivity index is 1.57. The highest BCUT2D eigenvalue weighted by atomic mass is 32.2. The highest BCUT2D eigenvalue weighted by molar-refractivity contribution is 7.99. The number of hydrogen-bond acceptors (Lipinski definition) is 3. The predicted molar refractivity (Wildman–Crippen MR) is 87.2 cm³/mol. The first kappa shape index (κ1) is 15.1. The van der Waals surface area contributed by atoms with E-state index in [2.05, 4.69) is 10.6 Å². The van der Waals surface area contributed by atoms with Crippen molar-refractivity contribution in [1.82, 2.24) is 10.6 Å². The zero-order chi connectivity index (χ0) is 14.7. The van der Waals surface area contributed by atoms with Crippen LogP contribution in [0.2, 0.25) is 0 Å². The summed E-state index contributed by atoms with van der Waals surface area (Å²) in [6.07, 6.45) is 3.42. The van der Waals surface area contributed by atoms with Crippen molar-refractivity contribution in [3.05, 3.63) is 29.6 Å². The van der Waals surface area contributed by atoms with Crippen LogP contribution >= 0.6 is 24.0 Å². The van der Waals surface area contributed by atoms with Crippen molar-refractivity contribution in [1.29, 1.82) is 0 Å². The number of rotatable bonds is 3. The molecular weight excluding hydrogens is 307 g/mol. The molecule has 6 heteroatoms. The molecule has 0 unspecified atom stereocenters. The van der Waals surface area contributed by atoms with E-state index in [0.29, 0.717) is 5.11 Å². The summed E-state index contributed by atoms with van der Waals surface area (Å²) in [5, 5.41) is 7.15. The molecule has 0 amide bonds. The Morgan fingerprint density at radius 1 is 1.43 bits per heavy atom. The normalized spacial score (nSPS) is 24.4. The van der Waals surface area contributed by atoms with Crippen LogP contribution in [0.5, 0.6) is 0 Å². The minimum atomic E-state index is -0.193. The number of hydrogen-bond donors (Lipinski definition) is 2. The fourth-order valence-electron chi connectivity index (χ4n) is 2.74. The van der Waals surface area contributed by atoms with Gasteiger partial charge in [0.1, 0.15) is 5.82 Å². The lowest BCUT2D eigenvalue weighted by molar-refractivity contribution is 0.114. The highest BCUT2D eigenvalue weighted by Gasteiger charge is 2.22. The summed E-state index contributed by atoms with van der Waals surface area (Å²) in [5.74, 6) is 0.825. The Morgan fingerprint density at radius 2 is 2.33 bits per heavy atom. The molecule has 2 heterocycles. The SMILES string of the molecule is Fc1ccc2c(c1)[C@@H](NC(=S)NC[C@@H]1CCCO1)CCS2. The van der Waals surface area contributed by atoms with Gasteiger partial charge in [-0.2, -0.15) is 0 Å². The number of thioether (sulfide) groups is 1. The van der Waals surface area contributed by atoms with E-state index >= 15 is 0 Å². The van der Waals surface area contributed by atoms with Gasteiger partial charge in [0.2, 0.25) is 0 Å². The van der Waals surface area contributed by atoms with Crippen molar-refractivity contribution in [2.75, 3.05) is 18.9 Å². The minimum Gasteiger partial charge on any atom is -0.376 e. The van der Waals surface area contributed by atoms with Gasteiger partial charge in [-0.1, -0.05) is 0 Å².